The molecule has 0 unspecified atom stereocenters. The van der Waals surface area contributed by atoms with Crippen LogP contribution in [0.3, 0.4) is 0 Å². The zero-order chi connectivity index (χ0) is 15.3. The minimum absolute atomic E-state index is 0.0146. The predicted molar refractivity (Wildman–Crippen MR) is 78.4 cm³/mol. The van der Waals surface area contributed by atoms with E-state index >= 15 is 0 Å². The molecule has 0 fully saturated rings. The average molecular weight is 277 g/mol. The van der Waals surface area contributed by atoms with E-state index in [-0.39, 0.29) is 24.8 Å². The van der Waals surface area contributed by atoms with Crippen molar-refractivity contribution in [2.24, 2.45) is 5.41 Å². The van der Waals surface area contributed by atoms with Crippen LogP contribution in [0.1, 0.15) is 50.8 Å². The monoisotopic (exact) mass is 277 g/mol. The lowest BCUT2D eigenvalue weighted by molar-refractivity contribution is -0.139. The highest BCUT2D eigenvalue weighted by Crippen LogP contribution is 2.25. The van der Waals surface area contributed by atoms with Crippen LogP contribution in [0.15, 0.2) is 24.3 Å². The zero-order valence-corrected chi connectivity index (χ0v) is 12.6. The van der Waals surface area contributed by atoms with Crippen LogP contribution in [0.4, 0.5) is 0 Å². The second-order valence-electron chi connectivity index (χ2n) is 6.11. The number of carboxylic acids is 1. The van der Waals surface area contributed by atoms with Gasteiger partial charge < -0.3 is 10.4 Å². The summed E-state index contributed by atoms with van der Waals surface area (Å²) in [6, 6.07) is 7.90. The van der Waals surface area contributed by atoms with Crippen LogP contribution < -0.4 is 5.32 Å². The molecule has 20 heavy (non-hydrogen) atoms. The van der Waals surface area contributed by atoms with E-state index in [4.69, 9.17) is 5.11 Å². The van der Waals surface area contributed by atoms with Gasteiger partial charge in [-0.2, -0.15) is 0 Å². The van der Waals surface area contributed by atoms with Crippen LogP contribution in [0.25, 0.3) is 0 Å². The molecule has 1 rings (SSSR count). The van der Waals surface area contributed by atoms with Gasteiger partial charge in [0.25, 0.3) is 0 Å². The molecule has 0 bridgehead atoms. The molecule has 0 spiro atoms. The third-order valence-corrected chi connectivity index (χ3v) is 3.19. The molecule has 1 aromatic carbocycles. The Morgan fingerprint density at radius 1 is 1.30 bits per heavy atom. The molecule has 4 nitrogen and oxygen atoms in total. The molecule has 0 saturated carbocycles. The SMILES string of the molecule is Cc1cccc([C@@H](C)NC(=O)CC(C)(C)CC(=O)O)c1. The molecule has 0 aliphatic heterocycles. The highest BCUT2D eigenvalue weighted by Gasteiger charge is 2.25. The number of carbonyl (C=O) groups excluding carboxylic acids is 1. The van der Waals surface area contributed by atoms with Crippen molar-refractivity contribution >= 4 is 11.9 Å². The summed E-state index contributed by atoms with van der Waals surface area (Å²) in [6.45, 7) is 7.51. The van der Waals surface area contributed by atoms with Crippen molar-refractivity contribution < 1.29 is 14.7 Å². The first-order valence-corrected chi connectivity index (χ1v) is 6.77. The largest absolute Gasteiger partial charge is 0.481 e. The first-order valence-electron chi connectivity index (χ1n) is 6.77. The van der Waals surface area contributed by atoms with E-state index in [2.05, 4.69) is 5.32 Å². The van der Waals surface area contributed by atoms with E-state index < -0.39 is 11.4 Å². The standard InChI is InChI=1S/C16H23NO3/c1-11-6-5-7-13(8-11)12(2)17-14(18)9-16(3,4)10-15(19)20/h5-8,12H,9-10H2,1-4H3,(H,17,18)(H,19,20)/t12-/m1/s1. The van der Waals surface area contributed by atoms with Gasteiger partial charge in [0.15, 0.2) is 0 Å². The molecule has 0 radical (unpaired) electrons. The van der Waals surface area contributed by atoms with Crippen LogP contribution in [-0.2, 0) is 9.59 Å². The van der Waals surface area contributed by atoms with E-state index in [1.54, 1.807) is 13.8 Å². The van der Waals surface area contributed by atoms with Crippen molar-refractivity contribution in [1.29, 1.82) is 0 Å². The summed E-state index contributed by atoms with van der Waals surface area (Å²) in [6.07, 6.45) is 0.189. The van der Waals surface area contributed by atoms with E-state index in [1.807, 2.05) is 38.1 Å². The third-order valence-electron chi connectivity index (χ3n) is 3.19. The van der Waals surface area contributed by atoms with Gasteiger partial charge in [0.1, 0.15) is 0 Å². The van der Waals surface area contributed by atoms with E-state index in [0.29, 0.717) is 0 Å². The number of nitrogens with one attached hydrogen (secondary N) is 1. The lowest BCUT2D eigenvalue weighted by Gasteiger charge is -2.23. The van der Waals surface area contributed by atoms with Crippen LogP contribution in [0, 0.1) is 12.3 Å². The molecule has 2 N–H and O–H groups in total. The summed E-state index contributed by atoms with van der Waals surface area (Å²) in [5.41, 5.74) is 1.66. The molecule has 0 aliphatic rings. The Labute approximate surface area is 120 Å². The minimum atomic E-state index is -0.880. The van der Waals surface area contributed by atoms with Crippen molar-refractivity contribution in [2.45, 2.75) is 46.6 Å². The first kappa shape index (κ1) is 16.2. The van der Waals surface area contributed by atoms with Crippen molar-refractivity contribution in [3.8, 4) is 0 Å². The number of hydrogen-bond donors (Lipinski definition) is 2. The maximum atomic E-state index is 12.0. The third kappa shape index (κ3) is 5.43. The van der Waals surface area contributed by atoms with Crippen molar-refractivity contribution in [3.05, 3.63) is 35.4 Å². The van der Waals surface area contributed by atoms with Crippen LogP contribution in [0.2, 0.25) is 0 Å². The molecule has 1 amide bonds. The van der Waals surface area contributed by atoms with Crippen molar-refractivity contribution in [2.75, 3.05) is 0 Å². The molecule has 0 heterocycles. The summed E-state index contributed by atoms with van der Waals surface area (Å²) in [5, 5.41) is 11.7. The van der Waals surface area contributed by atoms with Gasteiger partial charge in [0.2, 0.25) is 5.91 Å². The summed E-state index contributed by atoms with van der Waals surface area (Å²) in [4.78, 5) is 22.8. The van der Waals surface area contributed by atoms with Gasteiger partial charge in [-0.05, 0) is 24.8 Å². The maximum absolute atomic E-state index is 12.0. The second-order valence-corrected chi connectivity index (χ2v) is 6.11. The number of amides is 1. The minimum Gasteiger partial charge on any atom is -0.481 e. The van der Waals surface area contributed by atoms with E-state index in [1.165, 1.54) is 0 Å². The van der Waals surface area contributed by atoms with Gasteiger partial charge in [0, 0.05) is 6.42 Å². The molecule has 0 aliphatic carbocycles. The molecule has 1 atom stereocenters. The normalized spacial score (nSPS) is 12.8. The Balaban J connectivity index is 2.60. The summed E-state index contributed by atoms with van der Waals surface area (Å²) in [5.74, 6) is -1.00. The highest BCUT2D eigenvalue weighted by molar-refractivity contribution is 5.78. The number of carboxylic acid groups (broad SMARTS) is 1. The molecule has 0 saturated heterocycles. The van der Waals surface area contributed by atoms with Gasteiger partial charge in [-0.25, -0.2) is 0 Å². The lowest BCUT2D eigenvalue weighted by Crippen LogP contribution is -2.31. The van der Waals surface area contributed by atoms with Gasteiger partial charge >= 0.3 is 5.97 Å². The van der Waals surface area contributed by atoms with Crippen LogP contribution >= 0.6 is 0 Å². The topological polar surface area (TPSA) is 66.4 Å². The Morgan fingerprint density at radius 2 is 1.95 bits per heavy atom. The molecule has 1 aromatic rings. The second kappa shape index (κ2) is 6.55. The average Bonchev–Trinajstić information content (AvgIpc) is 2.25. The summed E-state index contributed by atoms with van der Waals surface area (Å²) >= 11 is 0. The van der Waals surface area contributed by atoms with Gasteiger partial charge in [-0.15, -0.1) is 0 Å². The zero-order valence-electron chi connectivity index (χ0n) is 12.6. The van der Waals surface area contributed by atoms with Gasteiger partial charge in [0.05, 0.1) is 12.5 Å². The number of hydrogen-bond acceptors (Lipinski definition) is 2. The summed E-state index contributed by atoms with van der Waals surface area (Å²) in [7, 11) is 0. The Morgan fingerprint density at radius 3 is 2.50 bits per heavy atom. The number of rotatable bonds is 6. The quantitative estimate of drug-likeness (QED) is 0.839. The highest BCUT2D eigenvalue weighted by atomic mass is 16.4. The number of aryl methyl sites for hydroxylation is 1. The fourth-order valence-corrected chi connectivity index (χ4v) is 2.22. The molecule has 0 aromatic heterocycles. The number of aliphatic carboxylic acids is 1. The Kier molecular flexibility index (Phi) is 5.31. The first-order chi connectivity index (χ1) is 9.19. The lowest BCUT2D eigenvalue weighted by atomic mass is 9.85. The van der Waals surface area contributed by atoms with Crippen LogP contribution in [0.5, 0.6) is 0 Å². The Bertz CT molecular complexity index is 494. The molecular formula is C16H23NO3. The molecule has 4 heteroatoms. The predicted octanol–water partition coefficient (Wildman–Crippen LogP) is 3.06. The smallest absolute Gasteiger partial charge is 0.303 e. The fourth-order valence-electron chi connectivity index (χ4n) is 2.22. The fraction of sp³-hybridized carbons (Fsp3) is 0.500. The maximum Gasteiger partial charge on any atom is 0.303 e. The van der Waals surface area contributed by atoms with Gasteiger partial charge in [-0.1, -0.05) is 43.7 Å². The number of benzene rings is 1. The summed E-state index contributed by atoms with van der Waals surface area (Å²) < 4.78 is 0. The van der Waals surface area contributed by atoms with E-state index in [0.717, 1.165) is 11.1 Å². The number of carbonyl (C=O) groups is 2. The molecular weight excluding hydrogens is 254 g/mol. The van der Waals surface area contributed by atoms with Crippen molar-refractivity contribution in [1.82, 2.24) is 5.32 Å². The van der Waals surface area contributed by atoms with Gasteiger partial charge in [-0.3, -0.25) is 9.59 Å². The molecule has 110 valence electrons. The van der Waals surface area contributed by atoms with Crippen LogP contribution in [-0.4, -0.2) is 17.0 Å². The Hall–Kier alpha value is -1.84. The van der Waals surface area contributed by atoms with E-state index in [9.17, 15) is 9.59 Å². The van der Waals surface area contributed by atoms with Crippen molar-refractivity contribution in [3.63, 3.8) is 0 Å².